The third-order valence-corrected chi connectivity index (χ3v) is 3.94. The molecule has 19 heavy (non-hydrogen) atoms. The van der Waals surface area contributed by atoms with Crippen molar-refractivity contribution in [3.63, 3.8) is 0 Å². The molecule has 1 aromatic carbocycles. The average Bonchev–Trinajstić information content (AvgIpc) is 2.87. The Balaban J connectivity index is 1.99. The Hall–Kier alpha value is -1.62. The number of rotatable bonds is 3. The monoisotopic (exact) mass is 322 g/mol. The first kappa shape index (κ1) is 13.8. The highest BCUT2D eigenvalue weighted by atomic mass is 79.9. The van der Waals surface area contributed by atoms with Crippen LogP contribution < -0.4 is 5.73 Å². The largest absolute Gasteiger partial charge is 0.369 e. The van der Waals surface area contributed by atoms with Crippen molar-refractivity contribution in [3.8, 4) is 0 Å². The van der Waals surface area contributed by atoms with Gasteiger partial charge in [-0.25, -0.2) is 0 Å². The van der Waals surface area contributed by atoms with Crippen LogP contribution in [0, 0.1) is 5.92 Å². The van der Waals surface area contributed by atoms with Gasteiger partial charge in [0, 0.05) is 23.6 Å². The highest BCUT2D eigenvalue weighted by molar-refractivity contribution is 9.10. The van der Waals surface area contributed by atoms with Crippen molar-refractivity contribution >= 4 is 33.8 Å². The lowest BCUT2D eigenvalue weighted by molar-refractivity contribution is -0.125. The first-order chi connectivity index (χ1) is 9.08. The Labute approximate surface area is 120 Å². The lowest BCUT2D eigenvalue weighted by atomic mass is 10.1. The Morgan fingerprint density at radius 1 is 1.37 bits per heavy atom. The van der Waals surface area contributed by atoms with Gasteiger partial charge in [0.2, 0.25) is 11.8 Å². The molecule has 0 saturated carbocycles. The summed E-state index contributed by atoms with van der Waals surface area (Å²) in [6.45, 7) is 1.02. The molecule has 1 fully saturated rings. The predicted octanol–water partition coefficient (Wildman–Crippen LogP) is 1.80. The van der Waals surface area contributed by atoms with Gasteiger partial charge in [0.05, 0.1) is 5.92 Å². The van der Waals surface area contributed by atoms with E-state index in [9.17, 15) is 9.59 Å². The highest BCUT2D eigenvalue weighted by Gasteiger charge is 2.28. The Morgan fingerprint density at radius 3 is 2.74 bits per heavy atom. The Morgan fingerprint density at radius 2 is 2.11 bits per heavy atom. The van der Waals surface area contributed by atoms with Crippen LogP contribution in [0.2, 0.25) is 0 Å². The van der Waals surface area contributed by atoms with Crippen LogP contribution in [-0.2, 0) is 9.59 Å². The summed E-state index contributed by atoms with van der Waals surface area (Å²) >= 11 is 3.42. The topological polar surface area (TPSA) is 63.4 Å². The zero-order chi connectivity index (χ0) is 13.8. The minimum absolute atomic E-state index is 0.0838. The lowest BCUT2D eigenvalue weighted by Gasteiger charge is -2.13. The fourth-order valence-electron chi connectivity index (χ4n) is 2.07. The highest BCUT2D eigenvalue weighted by Crippen LogP contribution is 2.19. The quantitative estimate of drug-likeness (QED) is 0.862. The number of likely N-dealkylation sites (tertiary alicyclic amines) is 1. The van der Waals surface area contributed by atoms with Crippen molar-refractivity contribution in [2.75, 3.05) is 13.1 Å². The van der Waals surface area contributed by atoms with E-state index >= 15 is 0 Å². The standard InChI is InChI=1S/C14H15BrN2O2/c15-12-4-2-1-3-10(12)5-6-13(18)17-8-7-11(9-17)14(16)19/h1-6,11H,7-9H2,(H2,16,19)/b6-5+/t11-/m1/s1. The number of carbonyl (C=O) groups excluding carboxylic acids is 2. The smallest absolute Gasteiger partial charge is 0.246 e. The molecule has 0 aliphatic carbocycles. The Bertz CT molecular complexity index is 528. The second kappa shape index (κ2) is 6.02. The maximum Gasteiger partial charge on any atom is 0.246 e. The van der Waals surface area contributed by atoms with Crippen LogP contribution >= 0.6 is 15.9 Å². The van der Waals surface area contributed by atoms with Gasteiger partial charge in [0.25, 0.3) is 0 Å². The summed E-state index contributed by atoms with van der Waals surface area (Å²) in [6.07, 6.45) is 3.96. The van der Waals surface area contributed by atoms with E-state index in [0.717, 1.165) is 10.0 Å². The molecule has 1 aliphatic rings. The molecule has 1 saturated heterocycles. The number of nitrogens with zero attached hydrogens (tertiary/aromatic N) is 1. The molecule has 0 bridgehead atoms. The summed E-state index contributed by atoms with van der Waals surface area (Å²) < 4.78 is 0.940. The van der Waals surface area contributed by atoms with Crippen molar-refractivity contribution < 1.29 is 9.59 Å². The van der Waals surface area contributed by atoms with Gasteiger partial charge >= 0.3 is 0 Å². The van der Waals surface area contributed by atoms with Gasteiger partial charge in [0.1, 0.15) is 0 Å². The van der Waals surface area contributed by atoms with Gasteiger partial charge in [-0.1, -0.05) is 34.1 Å². The van der Waals surface area contributed by atoms with Crippen molar-refractivity contribution in [2.24, 2.45) is 11.7 Å². The Kier molecular flexibility index (Phi) is 4.37. The zero-order valence-electron chi connectivity index (χ0n) is 10.4. The number of nitrogens with two attached hydrogens (primary N) is 1. The average molecular weight is 323 g/mol. The van der Waals surface area contributed by atoms with Crippen LogP contribution in [-0.4, -0.2) is 29.8 Å². The number of hydrogen-bond donors (Lipinski definition) is 1. The molecule has 1 aliphatic heterocycles. The number of halogens is 1. The van der Waals surface area contributed by atoms with E-state index in [1.807, 2.05) is 24.3 Å². The number of benzene rings is 1. The molecule has 0 spiro atoms. The third kappa shape index (κ3) is 3.44. The summed E-state index contributed by atoms with van der Waals surface area (Å²) in [5.41, 5.74) is 6.19. The van der Waals surface area contributed by atoms with Crippen molar-refractivity contribution in [1.29, 1.82) is 0 Å². The molecule has 5 heteroatoms. The van der Waals surface area contributed by atoms with E-state index in [1.165, 1.54) is 6.08 Å². The molecule has 2 amide bonds. The number of carbonyl (C=O) groups is 2. The molecule has 2 N–H and O–H groups in total. The van der Waals surface area contributed by atoms with Crippen LogP contribution in [0.25, 0.3) is 6.08 Å². The summed E-state index contributed by atoms with van der Waals surface area (Å²) in [4.78, 5) is 24.7. The predicted molar refractivity (Wildman–Crippen MR) is 77.1 cm³/mol. The van der Waals surface area contributed by atoms with E-state index < -0.39 is 0 Å². The molecular weight excluding hydrogens is 308 g/mol. The summed E-state index contributed by atoms with van der Waals surface area (Å²) in [5.74, 6) is -0.620. The van der Waals surface area contributed by atoms with E-state index in [0.29, 0.717) is 19.5 Å². The fourth-order valence-corrected chi connectivity index (χ4v) is 2.49. The molecule has 1 heterocycles. The lowest BCUT2D eigenvalue weighted by Crippen LogP contribution is -2.30. The van der Waals surface area contributed by atoms with Crippen LogP contribution in [0.15, 0.2) is 34.8 Å². The second-order valence-electron chi connectivity index (χ2n) is 4.53. The van der Waals surface area contributed by atoms with Gasteiger partial charge in [0.15, 0.2) is 0 Å². The minimum Gasteiger partial charge on any atom is -0.369 e. The zero-order valence-corrected chi connectivity index (χ0v) is 12.0. The molecule has 0 unspecified atom stereocenters. The van der Waals surface area contributed by atoms with Gasteiger partial charge in [-0.3, -0.25) is 9.59 Å². The normalized spacial score (nSPS) is 19.0. The summed E-state index contributed by atoms with van der Waals surface area (Å²) in [5, 5.41) is 0. The number of primary amides is 1. The van der Waals surface area contributed by atoms with Crippen LogP contribution in [0.4, 0.5) is 0 Å². The van der Waals surface area contributed by atoms with Gasteiger partial charge in [-0.2, -0.15) is 0 Å². The van der Waals surface area contributed by atoms with Crippen LogP contribution in [0.5, 0.6) is 0 Å². The van der Waals surface area contributed by atoms with E-state index in [2.05, 4.69) is 15.9 Å². The summed E-state index contributed by atoms with van der Waals surface area (Å²) in [6, 6.07) is 7.67. The molecule has 0 aromatic heterocycles. The SMILES string of the molecule is NC(=O)[C@@H]1CCN(C(=O)/C=C/c2ccccc2Br)C1. The molecule has 1 aromatic rings. The molecule has 2 rings (SSSR count). The molecule has 4 nitrogen and oxygen atoms in total. The molecule has 0 radical (unpaired) electrons. The molecule has 100 valence electrons. The van der Waals surface area contributed by atoms with Gasteiger partial charge in [-0.05, 0) is 24.1 Å². The maximum atomic E-state index is 12.0. The van der Waals surface area contributed by atoms with Crippen molar-refractivity contribution in [1.82, 2.24) is 4.90 Å². The minimum atomic E-state index is -0.329. The van der Waals surface area contributed by atoms with E-state index in [4.69, 9.17) is 5.73 Å². The number of hydrogen-bond acceptors (Lipinski definition) is 2. The summed E-state index contributed by atoms with van der Waals surface area (Å²) in [7, 11) is 0. The van der Waals surface area contributed by atoms with E-state index in [1.54, 1.807) is 11.0 Å². The van der Waals surface area contributed by atoms with Gasteiger partial charge < -0.3 is 10.6 Å². The maximum absolute atomic E-state index is 12.0. The first-order valence-corrected chi connectivity index (χ1v) is 6.88. The third-order valence-electron chi connectivity index (χ3n) is 3.21. The molecule has 1 atom stereocenters. The first-order valence-electron chi connectivity index (χ1n) is 6.09. The second-order valence-corrected chi connectivity index (χ2v) is 5.38. The van der Waals surface area contributed by atoms with E-state index in [-0.39, 0.29) is 17.7 Å². The van der Waals surface area contributed by atoms with Crippen LogP contribution in [0.3, 0.4) is 0 Å². The van der Waals surface area contributed by atoms with Gasteiger partial charge in [-0.15, -0.1) is 0 Å². The van der Waals surface area contributed by atoms with Crippen molar-refractivity contribution in [2.45, 2.75) is 6.42 Å². The number of amides is 2. The fraction of sp³-hybridized carbons (Fsp3) is 0.286. The van der Waals surface area contributed by atoms with Crippen molar-refractivity contribution in [3.05, 3.63) is 40.4 Å². The molecular formula is C14H15BrN2O2. The van der Waals surface area contributed by atoms with Crippen LogP contribution in [0.1, 0.15) is 12.0 Å².